The molecule has 0 bridgehead atoms. The largest absolute Gasteiger partial charge is 0.455 e. The highest BCUT2D eigenvalue weighted by Crippen LogP contribution is 2.24. The Bertz CT molecular complexity index is 991. The lowest BCUT2D eigenvalue weighted by molar-refractivity contribution is -0.385. The molecule has 126 valence electrons. The van der Waals surface area contributed by atoms with Crippen LogP contribution in [0.15, 0.2) is 42.5 Å². The number of para-hydroxylation sites is 2. The van der Waals surface area contributed by atoms with Crippen LogP contribution in [0.4, 0.5) is 5.69 Å². The minimum atomic E-state index is -0.844. The summed E-state index contributed by atoms with van der Waals surface area (Å²) < 4.78 is 5.19. The molecular formula is C17H12ClN3O4. The second kappa shape index (κ2) is 6.82. The summed E-state index contributed by atoms with van der Waals surface area (Å²) in [5.74, 6) is -0.844. The van der Waals surface area contributed by atoms with Crippen LogP contribution in [0, 0.1) is 17.0 Å². The van der Waals surface area contributed by atoms with E-state index in [0.29, 0.717) is 16.9 Å². The molecule has 0 radical (unpaired) electrons. The lowest BCUT2D eigenvalue weighted by Crippen LogP contribution is -2.10. The number of carbonyl (C=O) groups is 1. The first-order chi connectivity index (χ1) is 12.0. The second-order valence-corrected chi connectivity index (χ2v) is 5.68. The summed E-state index contributed by atoms with van der Waals surface area (Å²) in [5, 5.41) is 11.3. The number of ether oxygens (including phenoxy) is 1. The Labute approximate surface area is 147 Å². The fourth-order valence-corrected chi connectivity index (χ4v) is 2.48. The molecule has 1 aromatic heterocycles. The van der Waals surface area contributed by atoms with E-state index in [-0.39, 0.29) is 22.9 Å². The Kier molecular flexibility index (Phi) is 4.58. The Morgan fingerprint density at radius 3 is 2.56 bits per heavy atom. The van der Waals surface area contributed by atoms with Crippen molar-refractivity contribution in [2.24, 2.45) is 0 Å². The molecule has 0 saturated heterocycles. The third-order valence-electron chi connectivity index (χ3n) is 3.56. The standard InChI is InChI=1S/C17H12ClN3O4/c1-10-15(20-14-5-3-2-4-13(14)19-10)9-25-17(22)12-8-11(18)6-7-16(12)21(23)24/h2-8H,9H2,1H3. The number of nitrogens with zero attached hydrogens (tertiary/aromatic N) is 3. The van der Waals surface area contributed by atoms with E-state index in [1.807, 2.05) is 18.2 Å². The van der Waals surface area contributed by atoms with Gasteiger partial charge < -0.3 is 4.74 Å². The number of halogens is 1. The van der Waals surface area contributed by atoms with Crippen LogP contribution in [0.5, 0.6) is 0 Å². The maximum absolute atomic E-state index is 12.2. The number of hydrogen-bond acceptors (Lipinski definition) is 6. The van der Waals surface area contributed by atoms with E-state index in [1.54, 1.807) is 13.0 Å². The van der Waals surface area contributed by atoms with Crippen molar-refractivity contribution in [3.63, 3.8) is 0 Å². The van der Waals surface area contributed by atoms with Crippen molar-refractivity contribution in [2.45, 2.75) is 13.5 Å². The molecule has 0 N–H and O–H groups in total. The summed E-state index contributed by atoms with van der Waals surface area (Å²) in [6, 6.07) is 11.0. The van der Waals surface area contributed by atoms with Gasteiger partial charge in [-0.3, -0.25) is 10.1 Å². The van der Waals surface area contributed by atoms with Crippen molar-refractivity contribution in [1.29, 1.82) is 0 Å². The molecule has 0 aliphatic heterocycles. The van der Waals surface area contributed by atoms with Gasteiger partial charge in [-0.1, -0.05) is 23.7 Å². The molecule has 7 nitrogen and oxygen atoms in total. The number of benzene rings is 2. The average Bonchev–Trinajstić information content (AvgIpc) is 2.59. The number of fused-ring (bicyclic) bond motifs is 1. The summed E-state index contributed by atoms with van der Waals surface area (Å²) in [6.45, 7) is 1.61. The van der Waals surface area contributed by atoms with Gasteiger partial charge in [0.05, 0.1) is 27.3 Å². The van der Waals surface area contributed by atoms with Crippen LogP contribution in [-0.4, -0.2) is 20.9 Å². The summed E-state index contributed by atoms with van der Waals surface area (Å²) in [6.07, 6.45) is 0. The molecule has 0 atom stereocenters. The minimum Gasteiger partial charge on any atom is -0.455 e. The van der Waals surface area contributed by atoms with E-state index in [2.05, 4.69) is 9.97 Å². The highest BCUT2D eigenvalue weighted by atomic mass is 35.5. The predicted octanol–water partition coefficient (Wildman–Crippen LogP) is 3.86. The third kappa shape index (κ3) is 3.56. The van der Waals surface area contributed by atoms with Crippen LogP contribution in [0.2, 0.25) is 5.02 Å². The van der Waals surface area contributed by atoms with E-state index >= 15 is 0 Å². The van der Waals surface area contributed by atoms with Gasteiger partial charge in [0.2, 0.25) is 0 Å². The first-order valence-electron chi connectivity index (χ1n) is 7.29. The molecule has 0 aliphatic rings. The van der Waals surface area contributed by atoms with Crippen molar-refractivity contribution in [2.75, 3.05) is 0 Å². The van der Waals surface area contributed by atoms with Crippen LogP contribution < -0.4 is 0 Å². The topological polar surface area (TPSA) is 95.2 Å². The molecule has 0 amide bonds. The van der Waals surface area contributed by atoms with Crippen molar-refractivity contribution >= 4 is 34.3 Å². The van der Waals surface area contributed by atoms with E-state index in [4.69, 9.17) is 16.3 Å². The van der Waals surface area contributed by atoms with Crippen molar-refractivity contribution in [3.8, 4) is 0 Å². The molecule has 25 heavy (non-hydrogen) atoms. The number of rotatable bonds is 4. The lowest BCUT2D eigenvalue weighted by Gasteiger charge is -2.08. The SMILES string of the molecule is Cc1nc2ccccc2nc1COC(=O)c1cc(Cl)ccc1[N+](=O)[O-]. The van der Waals surface area contributed by atoms with Crippen molar-refractivity contribution in [3.05, 3.63) is 74.6 Å². The minimum absolute atomic E-state index is 0.147. The van der Waals surface area contributed by atoms with Gasteiger partial charge in [-0.15, -0.1) is 0 Å². The third-order valence-corrected chi connectivity index (χ3v) is 3.79. The molecule has 1 heterocycles. The molecular weight excluding hydrogens is 346 g/mol. The van der Waals surface area contributed by atoms with Gasteiger partial charge in [-0.25, -0.2) is 14.8 Å². The highest BCUT2D eigenvalue weighted by molar-refractivity contribution is 6.31. The van der Waals surface area contributed by atoms with E-state index in [0.717, 1.165) is 5.52 Å². The Hall–Kier alpha value is -3.06. The Balaban J connectivity index is 1.85. The predicted molar refractivity (Wildman–Crippen MR) is 91.5 cm³/mol. The summed E-state index contributed by atoms with van der Waals surface area (Å²) in [5.41, 5.74) is 1.94. The number of esters is 1. The first-order valence-corrected chi connectivity index (χ1v) is 7.67. The van der Waals surface area contributed by atoms with Crippen LogP contribution in [0.3, 0.4) is 0 Å². The number of aromatic nitrogens is 2. The number of aryl methyl sites for hydroxylation is 1. The van der Waals surface area contributed by atoms with Crippen molar-refractivity contribution < 1.29 is 14.5 Å². The van der Waals surface area contributed by atoms with E-state index in [9.17, 15) is 14.9 Å². The number of nitro groups is 1. The Morgan fingerprint density at radius 1 is 1.20 bits per heavy atom. The molecule has 0 fully saturated rings. The van der Waals surface area contributed by atoms with Gasteiger partial charge in [0.25, 0.3) is 5.69 Å². The second-order valence-electron chi connectivity index (χ2n) is 5.24. The number of nitro benzene ring substituents is 1. The molecule has 8 heteroatoms. The lowest BCUT2D eigenvalue weighted by atomic mass is 10.2. The molecule has 2 aromatic carbocycles. The fraction of sp³-hybridized carbons (Fsp3) is 0.118. The molecule has 0 saturated carbocycles. The Morgan fingerprint density at radius 2 is 1.88 bits per heavy atom. The van der Waals surface area contributed by atoms with Crippen molar-refractivity contribution in [1.82, 2.24) is 9.97 Å². The first kappa shape index (κ1) is 16.8. The molecule has 0 spiro atoms. The zero-order chi connectivity index (χ0) is 18.0. The fourth-order valence-electron chi connectivity index (χ4n) is 2.30. The molecule has 0 unspecified atom stereocenters. The molecule has 0 aliphatic carbocycles. The van der Waals surface area contributed by atoms with Crippen LogP contribution in [-0.2, 0) is 11.3 Å². The summed E-state index contributed by atoms with van der Waals surface area (Å²) >= 11 is 5.82. The summed E-state index contributed by atoms with van der Waals surface area (Å²) in [4.78, 5) is 31.4. The van der Waals surface area contributed by atoms with Gasteiger partial charge in [-0.2, -0.15) is 0 Å². The van der Waals surface area contributed by atoms with Crippen LogP contribution in [0.25, 0.3) is 11.0 Å². The zero-order valence-electron chi connectivity index (χ0n) is 13.1. The highest BCUT2D eigenvalue weighted by Gasteiger charge is 2.22. The number of hydrogen-bond donors (Lipinski definition) is 0. The van der Waals surface area contributed by atoms with E-state index in [1.165, 1.54) is 18.2 Å². The van der Waals surface area contributed by atoms with Gasteiger partial charge >= 0.3 is 5.97 Å². The average molecular weight is 358 g/mol. The van der Waals surface area contributed by atoms with E-state index < -0.39 is 10.9 Å². The van der Waals surface area contributed by atoms with Gasteiger partial charge in [0.1, 0.15) is 12.2 Å². The maximum atomic E-state index is 12.2. The van der Waals surface area contributed by atoms with Gasteiger partial charge in [0.15, 0.2) is 0 Å². The van der Waals surface area contributed by atoms with Crippen LogP contribution >= 0.6 is 11.6 Å². The quantitative estimate of drug-likeness (QED) is 0.399. The molecule has 3 aromatic rings. The van der Waals surface area contributed by atoms with Crippen LogP contribution in [0.1, 0.15) is 21.7 Å². The monoisotopic (exact) mass is 357 g/mol. The maximum Gasteiger partial charge on any atom is 0.345 e. The van der Waals surface area contributed by atoms with Gasteiger partial charge in [-0.05, 0) is 31.2 Å². The zero-order valence-corrected chi connectivity index (χ0v) is 13.9. The molecule has 3 rings (SSSR count). The van der Waals surface area contributed by atoms with Gasteiger partial charge in [0, 0.05) is 11.1 Å². The normalized spacial score (nSPS) is 10.6. The number of carbonyl (C=O) groups excluding carboxylic acids is 1. The summed E-state index contributed by atoms with van der Waals surface area (Å²) in [7, 11) is 0. The smallest absolute Gasteiger partial charge is 0.345 e.